The van der Waals surface area contributed by atoms with Crippen LogP contribution in [0.15, 0.2) is 30.3 Å². The zero-order valence-corrected chi connectivity index (χ0v) is 12.2. The first kappa shape index (κ1) is 16.2. The van der Waals surface area contributed by atoms with Crippen molar-refractivity contribution in [2.45, 2.75) is 39.4 Å². The quantitative estimate of drug-likeness (QED) is 0.629. The standard InChI is InChI=1S/C15H22N2O3/c1-4-20-15(19)13(16)14(18)17(11(2)3)10-12-8-6-5-7-9-12/h5-9,11,13H,4,10,16H2,1-3H3. The third-order valence-corrected chi connectivity index (χ3v) is 2.91. The summed E-state index contributed by atoms with van der Waals surface area (Å²) in [7, 11) is 0. The van der Waals surface area contributed by atoms with Crippen molar-refractivity contribution in [1.82, 2.24) is 4.90 Å². The Bertz CT molecular complexity index is 446. The highest BCUT2D eigenvalue weighted by molar-refractivity contribution is 6.01. The van der Waals surface area contributed by atoms with Gasteiger partial charge in [0.15, 0.2) is 6.04 Å². The molecule has 1 aromatic rings. The fourth-order valence-corrected chi connectivity index (χ4v) is 1.81. The molecule has 0 bridgehead atoms. The zero-order chi connectivity index (χ0) is 15.1. The Balaban J connectivity index is 2.80. The van der Waals surface area contributed by atoms with Crippen molar-refractivity contribution in [2.24, 2.45) is 5.73 Å². The molecule has 0 aromatic heterocycles. The number of nitrogens with two attached hydrogens (primary N) is 1. The van der Waals surface area contributed by atoms with E-state index in [1.807, 2.05) is 44.2 Å². The van der Waals surface area contributed by atoms with E-state index < -0.39 is 17.9 Å². The maximum Gasteiger partial charge on any atom is 0.332 e. The first-order chi connectivity index (χ1) is 9.47. The first-order valence-electron chi connectivity index (χ1n) is 6.74. The van der Waals surface area contributed by atoms with Crippen LogP contribution in [0, 0.1) is 0 Å². The van der Waals surface area contributed by atoms with Crippen molar-refractivity contribution in [3.05, 3.63) is 35.9 Å². The average Bonchev–Trinajstić information content (AvgIpc) is 2.44. The topological polar surface area (TPSA) is 72.6 Å². The normalized spacial score (nSPS) is 12.1. The van der Waals surface area contributed by atoms with Crippen molar-refractivity contribution in [1.29, 1.82) is 0 Å². The summed E-state index contributed by atoms with van der Waals surface area (Å²) in [6.07, 6.45) is 0. The van der Waals surface area contributed by atoms with E-state index in [-0.39, 0.29) is 12.6 Å². The average molecular weight is 278 g/mol. The lowest BCUT2D eigenvalue weighted by Gasteiger charge is -2.28. The van der Waals surface area contributed by atoms with Crippen molar-refractivity contribution in [3.63, 3.8) is 0 Å². The van der Waals surface area contributed by atoms with Crippen LogP contribution in [0.5, 0.6) is 0 Å². The molecule has 1 amide bonds. The van der Waals surface area contributed by atoms with Gasteiger partial charge in [-0.3, -0.25) is 4.79 Å². The number of benzene rings is 1. The minimum atomic E-state index is -1.26. The van der Waals surface area contributed by atoms with Gasteiger partial charge in [0.25, 0.3) is 5.91 Å². The molecule has 0 saturated heterocycles. The van der Waals surface area contributed by atoms with Gasteiger partial charge >= 0.3 is 5.97 Å². The Labute approximate surface area is 119 Å². The van der Waals surface area contributed by atoms with Crippen LogP contribution in [0.4, 0.5) is 0 Å². The predicted octanol–water partition coefficient (Wildman–Crippen LogP) is 1.31. The van der Waals surface area contributed by atoms with Gasteiger partial charge in [0.05, 0.1) is 6.61 Å². The monoisotopic (exact) mass is 278 g/mol. The highest BCUT2D eigenvalue weighted by Gasteiger charge is 2.29. The number of ether oxygens (including phenoxy) is 1. The molecule has 0 aliphatic carbocycles. The van der Waals surface area contributed by atoms with Gasteiger partial charge in [0.2, 0.25) is 0 Å². The van der Waals surface area contributed by atoms with Gasteiger partial charge in [0.1, 0.15) is 0 Å². The van der Waals surface area contributed by atoms with E-state index in [9.17, 15) is 9.59 Å². The molecule has 0 fully saturated rings. The molecule has 0 heterocycles. The number of amides is 1. The molecule has 2 N–H and O–H groups in total. The van der Waals surface area contributed by atoms with Crippen molar-refractivity contribution < 1.29 is 14.3 Å². The molecule has 0 radical (unpaired) electrons. The van der Waals surface area contributed by atoms with Crippen LogP contribution in [0.25, 0.3) is 0 Å². The molecule has 0 spiro atoms. The van der Waals surface area contributed by atoms with E-state index >= 15 is 0 Å². The van der Waals surface area contributed by atoms with E-state index in [1.54, 1.807) is 11.8 Å². The lowest BCUT2D eigenvalue weighted by atomic mass is 10.1. The van der Waals surface area contributed by atoms with Crippen LogP contribution >= 0.6 is 0 Å². The number of nitrogens with zero attached hydrogens (tertiary/aromatic N) is 1. The van der Waals surface area contributed by atoms with Crippen LogP contribution in [0.3, 0.4) is 0 Å². The molecular weight excluding hydrogens is 256 g/mol. The Morgan fingerprint density at radius 1 is 1.25 bits per heavy atom. The van der Waals surface area contributed by atoms with Gasteiger partial charge in [0, 0.05) is 12.6 Å². The Morgan fingerprint density at radius 2 is 1.85 bits per heavy atom. The van der Waals surface area contributed by atoms with Crippen molar-refractivity contribution in [3.8, 4) is 0 Å². The number of hydrogen-bond acceptors (Lipinski definition) is 4. The number of carbonyl (C=O) groups excluding carboxylic acids is 2. The van der Waals surface area contributed by atoms with Crippen LogP contribution in [-0.2, 0) is 20.9 Å². The predicted molar refractivity (Wildman–Crippen MR) is 76.7 cm³/mol. The molecule has 1 unspecified atom stereocenters. The molecule has 110 valence electrons. The summed E-state index contributed by atoms with van der Waals surface area (Å²) >= 11 is 0. The van der Waals surface area contributed by atoms with Gasteiger partial charge in [-0.05, 0) is 26.3 Å². The summed E-state index contributed by atoms with van der Waals surface area (Å²) in [6.45, 7) is 6.08. The minimum absolute atomic E-state index is 0.0526. The van der Waals surface area contributed by atoms with Gasteiger partial charge in [-0.2, -0.15) is 0 Å². The van der Waals surface area contributed by atoms with Crippen LogP contribution < -0.4 is 5.73 Å². The molecule has 20 heavy (non-hydrogen) atoms. The smallest absolute Gasteiger partial charge is 0.332 e. The molecule has 5 heteroatoms. The van der Waals surface area contributed by atoms with E-state index in [2.05, 4.69) is 0 Å². The maximum absolute atomic E-state index is 12.3. The largest absolute Gasteiger partial charge is 0.464 e. The third-order valence-electron chi connectivity index (χ3n) is 2.91. The fourth-order valence-electron chi connectivity index (χ4n) is 1.81. The fraction of sp³-hybridized carbons (Fsp3) is 0.467. The number of hydrogen-bond donors (Lipinski definition) is 1. The highest BCUT2D eigenvalue weighted by Crippen LogP contribution is 2.10. The molecule has 0 aliphatic rings. The first-order valence-corrected chi connectivity index (χ1v) is 6.74. The second kappa shape index (κ2) is 7.65. The molecule has 0 saturated carbocycles. The third kappa shape index (κ3) is 4.35. The summed E-state index contributed by atoms with van der Waals surface area (Å²) in [5.41, 5.74) is 6.66. The van der Waals surface area contributed by atoms with Crippen LogP contribution in [0.2, 0.25) is 0 Å². The minimum Gasteiger partial charge on any atom is -0.464 e. The van der Waals surface area contributed by atoms with Crippen LogP contribution in [-0.4, -0.2) is 35.5 Å². The van der Waals surface area contributed by atoms with E-state index in [1.165, 1.54) is 0 Å². The second-order valence-electron chi connectivity index (χ2n) is 4.78. The molecular formula is C15H22N2O3. The summed E-state index contributed by atoms with van der Waals surface area (Å²) in [5.74, 6) is -1.10. The summed E-state index contributed by atoms with van der Waals surface area (Å²) in [4.78, 5) is 25.5. The van der Waals surface area contributed by atoms with Crippen LogP contribution in [0.1, 0.15) is 26.3 Å². The maximum atomic E-state index is 12.3. The lowest BCUT2D eigenvalue weighted by Crippen LogP contribution is -2.50. The Morgan fingerprint density at radius 3 is 2.35 bits per heavy atom. The molecule has 1 atom stereocenters. The highest BCUT2D eigenvalue weighted by atomic mass is 16.5. The van der Waals surface area contributed by atoms with E-state index in [0.717, 1.165) is 5.56 Å². The summed E-state index contributed by atoms with van der Waals surface area (Å²) < 4.78 is 4.79. The second-order valence-corrected chi connectivity index (χ2v) is 4.78. The van der Waals surface area contributed by atoms with Gasteiger partial charge < -0.3 is 15.4 Å². The molecule has 5 nitrogen and oxygen atoms in total. The van der Waals surface area contributed by atoms with Gasteiger partial charge in [-0.1, -0.05) is 30.3 Å². The summed E-state index contributed by atoms with van der Waals surface area (Å²) in [6, 6.07) is 8.27. The van der Waals surface area contributed by atoms with Gasteiger partial charge in [-0.15, -0.1) is 0 Å². The van der Waals surface area contributed by atoms with Gasteiger partial charge in [-0.25, -0.2) is 4.79 Å². The molecule has 0 aliphatic heterocycles. The van der Waals surface area contributed by atoms with Crippen molar-refractivity contribution in [2.75, 3.05) is 6.61 Å². The zero-order valence-electron chi connectivity index (χ0n) is 12.2. The Hall–Kier alpha value is -1.88. The SMILES string of the molecule is CCOC(=O)C(N)C(=O)N(Cc1ccccc1)C(C)C. The molecule has 1 aromatic carbocycles. The number of esters is 1. The lowest BCUT2D eigenvalue weighted by molar-refractivity contribution is -0.151. The van der Waals surface area contributed by atoms with E-state index in [0.29, 0.717) is 6.54 Å². The number of rotatable bonds is 6. The molecule has 1 rings (SSSR count). The Kier molecular flexibility index (Phi) is 6.18. The number of carbonyl (C=O) groups is 2. The summed E-state index contributed by atoms with van der Waals surface area (Å²) in [5, 5.41) is 0. The van der Waals surface area contributed by atoms with E-state index in [4.69, 9.17) is 10.5 Å². The van der Waals surface area contributed by atoms with Crippen molar-refractivity contribution >= 4 is 11.9 Å².